The van der Waals surface area contributed by atoms with Crippen LogP contribution < -0.4 is 4.72 Å². The predicted octanol–water partition coefficient (Wildman–Crippen LogP) is 0.570. The van der Waals surface area contributed by atoms with Crippen LogP contribution in [0.15, 0.2) is 0 Å². The summed E-state index contributed by atoms with van der Waals surface area (Å²) in [6, 6.07) is 0. The summed E-state index contributed by atoms with van der Waals surface area (Å²) in [5.41, 5.74) is 0. The molecule has 1 atom stereocenters. The fraction of sp³-hybridized carbons (Fsp3) is 1.00. The number of alkyl halides is 1. The van der Waals surface area contributed by atoms with Crippen molar-refractivity contribution in [2.75, 3.05) is 25.3 Å². The third kappa shape index (κ3) is 7.25. The van der Waals surface area contributed by atoms with Gasteiger partial charge < -0.3 is 4.74 Å². The van der Waals surface area contributed by atoms with Crippen LogP contribution in [0.2, 0.25) is 0 Å². The van der Waals surface area contributed by atoms with Crippen LogP contribution in [0.1, 0.15) is 13.3 Å². The van der Waals surface area contributed by atoms with Crippen LogP contribution >= 0.6 is 11.6 Å². The van der Waals surface area contributed by atoms with Gasteiger partial charge in [0.25, 0.3) is 0 Å². The molecule has 80 valence electrons. The minimum absolute atomic E-state index is 0.0763. The molecule has 0 saturated heterocycles. The van der Waals surface area contributed by atoms with Gasteiger partial charge in [-0.15, -0.1) is 11.6 Å². The maximum absolute atomic E-state index is 11.2. The van der Waals surface area contributed by atoms with Gasteiger partial charge in [0.1, 0.15) is 0 Å². The number of nitrogens with one attached hydrogen (secondary N) is 1. The minimum atomic E-state index is -3.16. The van der Waals surface area contributed by atoms with E-state index in [1.807, 2.05) is 0 Å². The Balaban J connectivity index is 3.76. The Morgan fingerprint density at radius 3 is 2.62 bits per heavy atom. The second-order valence-corrected chi connectivity index (χ2v) is 5.06. The van der Waals surface area contributed by atoms with Gasteiger partial charge in [-0.05, 0) is 13.3 Å². The van der Waals surface area contributed by atoms with E-state index in [-0.39, 0.29) is 11.9 Å². The first kappa shape index (κ1) is 13.2. The van der Waals surface area contributed by atoms with Crippen molar-refractivity contribution < 1.29 is 13.2 Å². The van der Waals surface area contributed by atoms with Crippen molar-refractivity contribution in [1.29, 1.82) is 0 Å². The smallest absolute Gasteiger partial charge is 0.211 e. The predicted molar refractivity (Wildman–Crippen MR) is 53.6 cm³/mol. The highest BCUT2D eigenvalue weighted by molar-refractivity contribution is 7.89. The van der Waals surface area contributed by atoms with Gasteiger partial charge in [-0.3, -0.25) is 0 Å². The van der Waals surface area contributed by atoms with Gasteiger partial charge in [0.2, 0.25) is 10.0 Å². The standard InChI is InChI=1S/C7H16ClNO3S/c1-7(12-2)6-9-13(10,11)5-3-4-8/h7,9H,3-6H2,1-2H3. The third-order valence-corrected chi connectivity index (χ3v) is 3.24. The van der Waals surface area contributed by atoms with E-state index in [1.54, 1.807) is 6.92 Å². The van der Waals surface area contributed by atoms with Crippen molar-refractivity contribution in [3.05, 3.63) is 0 Å². The van der Waals surface area contributed by atoms with Crippen LogP contribution in [0.25, 0.3) is 0 Å². The normalized spacial score (nSPS) is 14.4. The first-order chi connectivity index (χ1) is 6.02. The maximum Gasteiger partial charge on any atom is 0.211 e. The molecule has 0 aliphatic heterocycles. The molecule has 0 fully saturated rings. The zero-order chi connectivity index (χ0) is 10.3. The zero-order valence-electron chi connectivity index (χ0n) is 7.92. The highest BCUT2D eigenvalue weighted by Crippen LogP contribution is 1.93. The van der Waals surface area contributed by atoms with Crippen LogP contribution in [-0.2, 0) is 14.8 Å². The fourth-order valence-electron chi connectivity index (χ4n) is 0.644. The molecule has 0 aliphatic rings. The van der Waals surface area contributed by atoms with E-state index in [9.17, 15) is 8.42 Å². The van der Waals surface area contributed by atoms with Crippen LogP contribution in [0.5, 0.6) is 0 Å². The molecule has 1 N–H and O–H groups in total. The molecule has 0 bridgehead atoms. The van der Waals surface area contributed by atoms with Crippen LogP contribution in [0, 0.1) is 0 Å². The molecule has 0 aliphatic carbocycles. The molecule has 0 aromatic carbocycles. The summed E-state index contributed by atoms with van der Waals surface area (Å²) >= 11 is 5.38. The molecule has 4 nitrogen and oxygen atoms in total. The van der Waals surface area contributed by atoms with Crippen molar-refractivity contribution in [3.8, 4) is 0 Å². The van der Waals surface area contributed by atoms with Gasteiger partial charge in [0.15, 0.2) is 0 Å². The fourth-order valence-corrected chi connectivity index (χ4v) is 2.09. The first-order valence-electron chi connectivity index (χ1n) is 4.08. The molecular formula is C7H16ClNO3S. The molecule has 13 heavy (non-hydrogen) atoms. The van der Waals surface area contributed by atoms with E-state index in [2.05, 4.69) is 4.72 Å². The molecule has 0 aromatic heterocycles. The van der Waals surface area contributed by atoms with Gasteiger partial charge in [-0.25, -0.2) is 13.1 Å². The molecule has 0 heterocycles. The monoisotopic (exact) mass is 229 g/mol. The Morgan fingerprint density at radius 2 is 2.15 bits per heavy atom. The molecule has 0 saturated carbocycles. The molecule has 1 unspecified atom stereocenters. The molecule has 0 rings (SSSR count). The number of halogens is 1. The molecule has 0 amide bonds. The van der Waals surface area contributed by atoms with Gasteiger partial charge in [-0.2, -0.15) is 0 Å². The van der Waals surface area contributed by atoms with Crippen LogP contribution in [0.4, 0.5) is 0 Å². The van der Waals surface area contributed by atoms with E-state index in [4.69, 9.17) is 16.3 Å². The summed E-state index contributed by atoms with van der Waals surface area (Å²) in [5.74, 6) is 0.438. The first-order valence-corrected chi connectivity index (χ1v) is 6.26. The highest BCUT2D eigenvalue weighted by Gasteiger charge is 2.10. The van der Waals surface area contributed by atoms with Crippen molar-refractivity contribution in [2.24, 2.45) is 0 Å². The summed E-state index contributed by atoms with van der Waals surface area (Å²) < 4.78 is 29.7. The molecule has 6 heteroatoms. The molecule has 0 aromatic rings. The largest absolute Gasteiger partial charge is 0.380 e. The summed E-state index contributed by atoms with van der Waals surface area (Å²) in [4.78, 5) is 0. The summed E-state index contributed by atoms with van der Waals surface area (Å²) in [5, 5.41) is 0. The lowest BCUT2D eigenvalue weighted by atomic mass is 10.4. The number of ether oxygens (including phenoxy) is 1. The summed E-state index contributed by atoms with van der Waals surface area (Å²) in [6.45, 7) is 2.10. The second-order valence-electron chi connectivity index (χ2n) is 2.76. The van der Waals surface area contributed by atoms with E-state index < -0.39 is 10.0 Å². The van der Waals surface area contributed by atoms with E-state index in [0.29, 0.717) is 18.8 Å². The van der Waals surface area contributed by atoms with Crippen molar-refractivity contribution in [3.63, 3.8) is 0 Å². The van der Waals surface area contributed by atoms with Gasteiger partial charge in [-0.1, -0.05) is 0 Å². The number of rotatable bonds is 7. The Morgan fingerprint density at radius 1 is 1.54 bits per heavy atom. The molecule has 0 spiro atoms. The Hall–Kier alpha value is 0.160. The van der Waals surface area contributed by atoms with Crippen molar-refractivity contribution in [1.82, 2.24) is 4.72 Å². The van der Waals surface area contributed by atoms with E-state index in [1.165, 1.54) is 7.11 Å². The van der Waals surface area contributed by atoms with Crippen molar-refractivity contribution in [2.45, 2.75) is 19.4 Å². The van der Waals surface area contributed by atoms with Gasteiger partial charge in [0.05, 0.1) is 11.9 Å². The lowest BCUT2D eigenvalue weighted by molar-refractivity contribution is 0.122. The maximum atomic E-state index is 11.2. The minimum Gasteiger partial charge on any atom is -0.380 e. The number of hydrogen-bond acceptors (Lipinski definition) is 3. The summed E-state index contributed by atoms with van der Waals surface area (Å²) in [7, 11) is -1.62. The van der Waals surface area contributed by atoms with Crippen LogP contribution in [-0.4, -0.2) is 39.8 Å². The third-order valence-electron chi connectivity index (χ3n) is 1.54. The lowest BCUT2D eigenvalue weighted by Crippen LogP contribution is -2.33. The Bertz CT molecular complexity index is 218. The van der Waals surface area contributed by atoms with E-state index >= 15 is 0 Å². The number of sulfonamides is 1. The van der Waals surface area contributed by atoms with E-state index in [0.717, 1.165) is 0 Å². The quantitative estimate of drug-likeness (QED) is 0.650. The number of hydrogen-bond donors (Lipinski definition) is 1. The topological polar surface area (TPSA) is 55.4 Å². The van der Waals surface area contributed by atoms with Crippen LogP contribution in [0.3, 0.4) is 0 Å². The second kappa shape index (κ2) is 6.59. The Labute approximate surface area is 84.7 Å². The zero-order valence-corrected chi connectivity index (χ0v) is 9.49. The number of methoxy groups -OCH3 is 1. The average Bonchev–Trinajstić information content (AvgIpc) is 2.11. The average molecular weight is 230 g/mol. The van der Waals surface area contributed by atoms with Crippen molar-refractivity contribution >= 4 is 21.6 Å². The lowest BCUT2D eigenvalue weighted by Gasteiger charge is -2.10. The van der Waals surface area contributed by atoms with Gasteiger partial charge in [0, 0.05) is 19.5 Å². The molecular weight excluding hydrogens is 214 g/mol. The SMILES string of the molecule is COC(C)CNS(=O)(=O)CCCCl. The highest BCUT2D eigenvalue weighted by atomic mass is 35.5. The Kier molecular flexibility index (Phi) is 6.67. The summed E-state index contributed by atoms with van der Waals surface area (Å²) in [6.07, 6.45) is 0.365. The van der Waals surface area contributed by atoms with Gasteiger partial charge >= 0.3 is 0 Å². The molecule has 0 radical (unpaired) electrons.